The first-order chi connectivity index (χ1) is 12.4. The van der Waals surface area contributed by atoms with Crippen molar-refractivity contribution in [3.63, 3.8) is 0 Å². The summed E-state index contributed by atoms with van der Waals surface area (Å²) in [5.74, 6) is 0.828. The summed E-state index contributed by atoms with van der Waals surface area (Å²) in [6, 6.07) is 1.95. The number of imidazole rings is 1. The van der Waals surface area contributed by atoms with Gasteiger partial charge in [-0.2, -0.15) is 0 Å². The van der Waals surface area contributed by atoms with E-state index in [0.29, 0.717) is 24.2 Å². The third-order valence-corrected chi connectivity index (χ3v) is 6.83. The first-order valence-electron chi connectivity index (χ1n) is 9.73. The van der Waals surface area contributed by atoms with Crippen molar-refractivity contribution in [1.29, 1.82) is 0 Å². The van der Waals surface area contributed by atoms with Crippen LogP contribution >= 0.6 is 0 Å². The molecule has 0 aromatic carbocycles. The Balaban J connectivity index is 1.17. The number of aromatic nitrogens is 3. The zero-order valence-electron chi connectivity index (χ0n) is 15.3. The molecule has 138 valence electrons. The fourth-order valence-corrected chi connectivity index (χ4v) is 5.26. The van der Waals surface area contributed by atoms with Crippen LogP contribution in [0.15, 0.2) is 24.8 Å². The molecule has 0 bridgehead atoms. The number of likely N-dealkylation sites (tertiary alicyclic amines) is 1. The Labute approximate surface area is 153 Å². The van der Waals surface area contributed by atoms with E-state index < -0.39 is 5.60 Å². The second-order valence-corrected chi connectivity index (χ2v) is 9.08. The number of rotatable bonds is 2. The molecule has 1 aliphatic heterocycles. The van der Waals surface area contributed by atoms with E-state index in [0.717, 1.165) is 31.6 Å². The van der Waals surface area contributed by atoms with Crippen LogP contribution in [-0.4, -0.2) is 49.0 Å². The van der Waals surface area contributed by atoms with Crippen LogP contribution in [0.25, 0.3) is 5.65 Å². The summed E-state index contributed by atoms with van der Waals surface area (Å²) < 4.78 is 2.00. The number of fused-ring (bicyclic) bond motifs is 1. The minimum Gasteiger partial charge on any atom is -0.390 e. The van der Waals surface area contributed by atoms with Gasteiger partial charge in [-0.3, -0.25) is 9.20 Å². The zero-order chi connectivity index (χ0) is 17.9. The standard InChI is InChI=1S/C20H26N4O2/c1-19(26)8-15(9-19)18(25)24-11-20(12-24)5-2-14(3-6-20)16-10-23-13-21-7-4-17(23)22-16/h4,7,10,13-15,26H,2-3,5-6,8-9,11-12H2,1H3. The molecular weight excluding hydrogens is 328 g/mol. The van der Waals surface area contributed by atoms with Crippen LogP contribution in [0.2, 0.25) is 0 Å². The summed E-state index contributed by atoms with van der Waals surface area (Å²) in [5, 5.41) is 9.85. The molecule has 6 nitrogen and oxygen atoms in total. The summed E-state index contributed by atoms with van der Waals surface area (Å²) >= 11 is 0. The summed E-state index contributed by atoms with van der Waals surface area (Å²) in [5.41, 5.74) is 1.85. The Morgan fingerprint density at radius 1 is 1.27 bits per heavy atom. The Kier molecular flexibility index (Phi) is 3.45. The molecule has 6 heteroatoms. The summed E-state index contributed by atoms with van der Waals surface area (Å²) in [6.45, 7) is 3.64. The molecule has 5 rings (SSSR count). The second kappa shape index (κ2) is 5.52. The van der Waals surface area contributed by atoms with Crippen molar-refractivity contribution in [1.82, 2.24) is 19.3 Å². The van der Waals surface area contributed by atoms with Gasteiger partial charge in [0.2, 0.25) is 5.91 Å². The van der Waals surface area contributed by atoms with Crippen molar-refractivity contribution in [2.45, 2.75) is 57.0 Å². The average Bonchev–Trinajstić information content (AvgIpc) is 3.01. The van der Waals surface area contributed by atoms with Gasteiger partial charge in [-0.25, -0.2) is 9.97 Å². The minimum absolute atomic E-state index is 0.0465. The molecule has 2 aromatic rings. The molecule has 2 saturated carbocycles. The largest absolute Gasteiger partial charge is 0.390 e. The maximum absolute atomic E-state index is 12.5. The number of carbonyl (C=O) groups is 1. The molecule has 3 heterocycles. The van der Waals surface area contributed by atoms with Gasteiger partial charge in [-0.15, -0.1) is 0 Å². The highest BCUT2D eigenvalue weighted by atomic mass is 16.3. The molecule has 2 aliphatic carbocycles. The van der Waals surface area contributed by atoms with Crippen molar-refractivity contribution >= 4 is 11.6 Å². The van der Waals surface area contributed by atoms with Gasteiger partial charge in [-0.1, -0.05) is 0 Å². The van der Waals surface area contributed by atoms with Crippen molar-refractivity contribution in [2.75, 3.05) is 13.1 Å². The minimum atomic E-state index is -0.620. The molecule has 3 fully saturated rings. The molecule has 1 saturated heterocycles. The smallest absolute Gasteiger partial charge is 0.225 e. The van der Waals surface area contributed by atoms with Gasteiger partial charge >= 0.3 is 0 Å². The van der Waals surface area contributed by atoms with E-state index in [-0.39, 0.29) is 11.8 Å². The van der Waals surface area contributed by atoms with E-state index in [1.807, 2.05) is 28.6 Å². The van der Waals surface area contributed by atoms with E-state index in [1.54, 1.807) is 6.20 Å². The third kappa shape index (κ3) is 2.62. The van der Waals surface area contributed by atoms with E-state index in [2.05, 4.69) is 11.2 Å². The predicted molar refractivity (Wildman–Crippen MR) is 96.6 cm³/mol. The van der Waals surface area contributed by atoms with E-state index in [1.165, 1.54) is 18.5 Å². The van der Waals surface area contributed by atoms with Crippen LogP contribution in [0.5, 0.6) is 0 Å². The number of nitrogens with zero attached hydrogens (tertiary/aromatic N) is 4. The number of amides is 1. The van der Waals surface area contributed by atoms with E-state index in [4.69, 9.17) is 4.98 Å². The topological polar surface area (TPSA) is 70.7 Å². The monoisotopic (exact) mass is 354 g/mol. The summed E-state index contributed by atoms with van der Waals surface area (Å²) in [4.78, 5) is 23.4. The lowest BCUT2D eigenvalue weighted by Crippen LogP contribution is -2.62. The Bertz CT molecular complexity index is 801. The van der Waals surface area contributed by atoms with Gasteiger partial charge < -0.3 is 10.0 Å². The number of hydrogen-bond acceptors (Lipinski definition) is 4. The normalized spacial score (nSPS) is 31.0. The van der Waals surface area contributed by atoms with Crippen LogP contribution in [0, 0.1) is 11.3 Å². The second-order valence-electron chi connectivity index (χ2n) is 9.08. The maximum Gasteiger partial charge on any atom is 0.225 e. The molecule has 1 spiro atoms. The maximum atomic E-state index is 12.5. The van der Waals surface area contributed by atoms with Crippen LogP contribution in [0.1, 0.15) is 57.1 Å². The molecule has 0 atom stereocenters. The van der Waals surface area contributed by atoms with Gasteiger partial charge in [0, 0.05) is 42.7 Å². The zero-order valence-corrected chi connectivity index (χ0v) is 15.3. The Morgan fingerprint density at radius 2 is 2.00 bits per heavy atom. The van der Waals surface area contributed by atoms with Crippen molar-refractivity contribution in [3.8, 4) is 0 Å². The molecule has 26 heavy (non-hydrogen) atoms. The van der Waals surface area contributed by atoms with Crippen LogP contribution in [0.4, 0.5) is 0 Å². The lowest BCUT2D eigenvalue weighted by atomic mass is 9.64. The van der Waals surface area contributed by atoms with Crippen LogP contribution < -0.4 is 0 Å². The lowest BCUT2D eigenvalue weighted by molar-refractivity contribution is -0.163. The molecule has 2 aromatic heterocycles. The van der Waals surface area contributed by atoms with Gasteiger partial charge in [0.15, 0.2) is 0 Å². The number of hydrogen-bond donors (Lipinski definition) is 1. The first kappa shape index (κ1) is 16.2. The summed E-state index contributed by atoms with van der Waals surface area (Å²) in [6.07, 6.45) is 11.6. The van der Waals surface area contributed by atoms with Crippen molar-refractivity contribution in [3.05, 3.63) is 30.5 Å². The van der Waals surface area contributed by atoms with Crippen LogP contribution in [-0.2, 0) is 4.79 Å². The fourth-order valence-electron chi connectivity index (χ4n) is 5.26. The average molecular weight is 354 g/mol. The highest BCUT2D eigenvalue weighted by molar-refractivity contribution is 5.81. The van der Waals surface area contributed by atoms with Crippen molar-refractivity contribution < 1.29 is 9.90 Å². The van der Waals surface area contributed by atoms with E-state index >= 15 is 0 Å². The highest BCUT2D eigenvalue weighted by Crippen LogP contribution is 2.49. The SMILES string of the molecule is CC1(O)CC(C(=O)N2CC3(CCC(c4cn5cnccc5n4)CC3)C2)C1. The number of aliphatic hydroxyl groups is 1. The van der Waals surface area contributed by atoms with Gasteiger partial charge in [-0.05, 0) is 51.5 Å². The predicted octanol–water partition coefficient (Wildman–Crippen LogP) is 2.38. The molecule has 0 radical (unpaired) electrons. The van der Waals surface area contributed by atoms with Gasteiger partial charge in [0.05, 0.1) is 11.3 Å². The number of carbonyl (C=O) groups excluding carboxylic acids is 1. The molecule has 3 aliphatic rings. The third-order valence-electron chi connectivity index (χ3n) is 6.83. The summed E-state index contributed by atoms with van der Waals surface area (Å²) in [7, 11) is 0. The van der Waals surface area contributed by atoms with Gasteiger partial charge in [0.25, 0.3) is 0 Å². The Hall–Kier alpha value is -1.95. The quantitative estimate of drug-likeness (QED) is 0.899. The van der Waals surface area contributed by atoms with Crippen molar-refractivity contribution in [2.24, 2.45) is 11.3 Å². The Morgan fingerprint density at radius 3 is 2.65 bits per heavy atom. The van der Waals surface area contributed by atoms with E-state index in [9.17, 15) is 9.90 Å². The molecule has 1 amide bonds. The van der Waals surface area contributed by atoms with Gasteiger partial charge in [0.1, 0.15) is 12.0 Å². The molecule has 0 unspecified atom stereocenters. The molecular formula is C20H26N4O2. The highest BCUT2D eigenvalue weighted by Gasteiger charge is 2.51. The van der Waals surface area contributed by atoms with Crippen LogP contribution in [0.3, 0.4) is 0 Å². The fraction of sp³-hybridized carbons (Fsp3) is 0.650. The first-order valence-corrected chi connectivity index (χ1v) is 9.73. The molecule has 1 N–H and O–H groups in total. The lowest BCUT2D eigenvalue weighted by Gasteiger charge is -2.55.